The second-order valence-corrected chi connectivity index (χ2v) is 10.8. The molecule has 0 saturated carbocycles. The van der Waals surface area contributed by atoms with Gasteiger partial charge in [-0.2, -0.15) is 0 Å². The lowest BCUT2D eigenvalue weighted by atomic mass is 9.99. The Morgan fingerprint density at radius 2 is 1.88 bits per heavy atom. The highest BCUT2D eigenvalue weighted by Crippen LogP contribution is 2.39. The molecule has 41 heavy (non-hydrogen) atoms. The molecule has 11 heteroatoms. The first kappa shape index (κ1) is 30.0. The molecule has 0 spiro atoms. The fourth-order valence-electron chi connectivity index (χ4n) is 4.35. The van der Waals surface area contributed by atoms with Crippen molar-refractivity contribution in [2.45, 2.75) is 33.2 Å². The maximum absolute atomic E-state index is 13.1. The largest absolute Gasteiger partial charge is 0.345 e. The molecule has 3 aromatic heterocycles. The van der Waals surface area contributed by atoms with Crippen molar-refractivity contribution in [2.24, 2.45) is 10.7 Å². The second kappa shape index (κ2) is 13.1. The lowest BCUT2D eigenvalue weighted by Gasteiger charge is -2.12. The summed E-state index contributed by atoms with van der Waals surface area (Å²) >= 11 is 7.85. The Hall–Kier alpha value is -3.99. The monoisotopic (exact) mass is 603 g/mol. The van der Waals surface area contributed by atoms with E-state index in [1.54, 1.807) is 23.6 Å². The van der Waals surface area contributed by atoms with Crippen LogP contribution in [0.2, 0.25) is 5.02 Å². The molecule has 0 bridgehead atoms. The van der Waals surface area contributed by atoms with Crippen LogP contribution in [0.4, 0.5) is 0 Å². The second-order valence-electron chi connectivity index (χ2n) is 9.13. The van der Waals surface area contributed by atoms with Crippen LogP contribution in [0.25, 0.3) is 5.00 Å². The number of hydrogen-bond acceptors (Lipinski definition) is 7. The molecule has 0 aliphatic carbocycles. The van der Waals surface area contributed by atoms with Gasteiger partial charge in [0.1, 0.15) is 22.6 Å². The molecule has 5 rings (SSSR count). The molecule has 1 atom stereocenters. The van der Waals surface area contributed by atoms with Crippen molar-refractivity contribution in [3.63, 3.8) is 0 Å². The molecule has 0 unspecified atom stereocenters. The molecule has 4 heterocycles. The summed E-state index contributed by atoms with van der Waals surface area (Å²) in [5, 5.41) is 13.3. The van der Waals surface area contributed by atoms with E-state index in [-0.39, 0.29) is 37.8 Å². The maximum atomic E-state index is 13.1. The van der Waals surface area contributed by atoms with Gasteiger partial charge in [-0.1, -0.05) is 41.5 Å². The Morgan fingerprint density at radius 1 is 1.10 bits per heavy atom. The van der Waals surface area contributed by atoms with Crippen molar-refractivity contribution in [1.29, 1.82) is 0 Å². The molecular formula is C30H27Cl2N7OS. The van der Waals surface area contributed by atoms with Gasteiger partial charge in [-0.25, -0.2) is 4.98 Å². The third kappa shape index (κ3) is 6.51. The molecule has 1 aliphatic rings. The molecule has 3 N–H and O–H groups in total. The average Bonchev–Trinajstić information content (AvgIpc) is 3.43. The average molecular weight is 605 g/mol. The molecule has 0 saturated heterocycles. The number of hydrogen-bond donors (Lipinski definition) is 2. The Bertz CT molecular complexity index is 1730. The highest BCUT2D eigenvalue weighted by molar-refractivity contribution is 7.15. The standard InChI is InChI=1S/C30H26ClN7OS.ClH/c1-18-19(2)40-30-27(18)28(22-9-11-23(31)12-10-22)35-25(29-37-36-20(3)38(29)30)16-26(39)33-15-5-6-21-8-13-24(34-17-21)7-4-14-32;/h8-13,17,25H,14-16,32H2,1-3H3,(H,33,39);1H/t25-;/m0./s1. The van der Waals surface area contributed by atoms with Crippen LogP contribution >= 0.6 is 35.3 Å². The van der Waals surface area contributed by atoms with Crippen molar-refractivity contribution in [3.8, 4) is 28.7 Å². The van der Waals surface area contributed by atoms with E-state index in [1.807, 2.05) is 41.8 Å². The van der Waals surface area contributed by atoms with Crippen LogP contribution in [0.15, 0.2) is 47.6 Å². The van der Waals surface area contributed by atoms with Gasteiger partial charge >= 0.3 is 0 Å². The van der Waals surface area contributed by atoms with Crippen molar-refractivity contribution >= 4 is 47.0 Å². The van der Waals surface area contributed by atoms with Gasteiger partial charge in [0, 0.05) is 32.8 Å². The normalized spacial score (nSPS) is 13.2. The summed E-state index contributed by atoms with van der Waals surface area (Å²) in [7, 11) is 0. The molecule has 1 aliphatic heterocycles. The van der Waals surface area contributed by atoms with Crippen LogP contribution in [0.1, 0.15) is 56.9 Å². The van der Waals surface area contributed by atoms with Gasteiger partial charge in [0.2, 0.25) is 5.91 Å². The number of nitrogens with zero attached hydrogens (tertiary/aromatic N) is 5. The van der Waals surface area contributed by atoms with Gasteiger partial charge in [-0.15, -0.1) is 33.9 Å². The molecule has 1 aromatic carbocycles. The first-order valence-electron chi connectivity index (χ1n) is 12.6. The summed E-state index contributed by atoms with van der Waals surface area (Å²) in [6.07, 6.45) is 1.74. The SMILES string of the molecule is Cc1sc2c(c1C)C(c1ccc(Cl)cc1)=N[C@@H](CC(=O)NCC#Cc1ccc(C#CCN)nc1)c1nnc(C)n1-2.Cl. The third-order valence-electron chi connectivity index (χ3n) is 6.42. The molecule has 0 radical (unpaired) electrons. The van der Waals surface area contributed by atoms with Crippen LogP contribution in [0.5, 0.6) is 0 Å². The summed E-state index contributed by atoms with van der Waals surface area (Å²) in [4.78, 5) is 23.6. The molecular weight excluding hydrogens is 577 g/mol. The number of carbonyl (C=O) groups excluding carboxylic acids is 1. The van der Waals surface area contributed by atoms with E-state index in [1.165, 1.54) is 4.88 Å². The Labute approximate surface area is 253 Å². The maximum Gasteiger partial charge on any atom is 0.223 e. The zero-order valence-corrected chi connectivity index (χ0v) is 25.0. The molecule has 208 valence electrons. The van der Waals surface area contributed by atoms with Crippen LogP contribution in [-0.2, 0) is 4.79 Å². The van der Waals surface area contributed by atoms with E-state index in [4.69, 9.17) is 22.3 Å². The van der Waals surface area contributed by atoms with Gasteiger partial charge in [-0.05, 0) is 56.5 Å². The quantitative estimate of drug-likeness (QED) is 0.334. The third-order valence-corrected chi connectivity index (χ3v) is 7.87. The number of benzene rings is 1. The van der Waals surface area contributed by atoms with E-state index in [0.29, 0.717) is 16.5 Å². The van der Waals surface area contributed by atoms with Crippen molar-refractivity contribution in [2.75, 3.05) is 13.1 Å². The van der Waals surface area contributed by atoms with Gasteiger partial charge < -0.3 is 11.1 Å². The number of carbonyl (C=O) groups is 1. The molecule has 4 aromatic rings. The minimum atomic E-state index is -0.537. The minimum absolute atomic E-state index is 0. The summed E-state index contributed by atoms with van der Waals surface area (Å²) < 4.78 is 2.03. The van der Waals surface area contributed by atoms with Crippen LogP contribution in [0.3, 0.4) is 0 Å². The van der Waals surface area contributed by atoms with E-state index >= 15 is 0 Å². The van der Waals surface area contributed by atoms with Crippen molar-refractivity contribution in [3.05, 3.63) is 92.1 Å². The highest BCUT2D eigenvalue weighted by Gasteiger charge is 2.32. The number of rotatable bonds is 4. The number of aliphatic imine (C=N–C) groups is 1. The number of fused-ring (bicyclic) bond motifs is 3. The number of amides is 1. The fraction of sp³-hybridized carbons (Fsp3) is 0.233. The molecule has 0 fully saturated rings. The van der Waals surface area contributed by atoms with Crippen LogP contribution in [0, 0.1) is 44.5 Å². The lowest BCUT2D eigenvalue weighted by Crippen LogP contribution is -2.25. The Morgan fingerprint density at radius 3 is 2.59 bits per heavy atom. The molecule has 1 amide bonds. The number of halogens is 2. The first-order chi connectivity index (χ1) is 19.4. The number of nitrogens with two attached hydrogens (primary N) is 1. The summed E-state index contributed by atoms with van der Waals surface area (Å²) in [6, 6.07) is 10.7. The zero-order valence-electron chi connectivity index (χ0n) is 22.7. The van der Waals surface area contributed by atoms with Crippen LogP contribution < -0.4 is 11.1 Å². The van der Waals surface area contributed by atoms with Crippen LogP contribution in [-0.4, -0.2) is 44.5 Å². The van der Waals surface area contributed by atoms with Crippen molar-refractivity contribution < 1.29 is 4.79 Å². The number of thiophene rings is 1. The van der Waals surface area contributed by atoms with E-state index in [9.17, 15) is 4.79 Å². The van der Waals surface area contributed by atoms with E-state index < -0.39 is 6.04 Å². The number of nitrogens with one attached hydrogen (secondary N) is 1. The van der Waals surface area contributed by atoms with Gasteiger partial charge in [0.05, 0.1) is 25.2 Å². The predicted octanol–water partition coefficient (Wildman–Crippen LogP) is 4.48. The summed E-state index contributed by atoms with van der Waals surface area (Å²) in [6.45, 7) is 6.57. The highest BCUT2D eigenvalue weighted by atomic mass is 35.5. The number of aryl methyl sites for hydroxylation is 2. The van der Waals surface area contributed by atoms with Crippen molar-refractivity contribution in [1.82, 2.24) is 25.1 Å². The number of aromatic nitrogens is 4. The number of pyridine rings is 1. The molecule has 8 nitrogen and oxygen atoms in total. The van der Waals surface area contributed by atoms with E-state index in [0.717, 1.165) is 38.8 Å². The van der Waals surface area contributed by atoms with E-state index in [2.05, 4.69) is 58.0 Å². The van der Waals surface area contributed by atoms with Gasteiger partial charge in [0.15, 0.2) is 5.82 Å². The predicted molar refractivity (Wildman–Crippen MR) is 165 cm³/mol. The topological polar surface area (TPSA) is 111 Å². The Balaban J connectivity index is 0.00000387. The Kier molecular flexibility index (Phi) is 9.59. The smallest absolute Gasteiger partial charge is 0.223 e. The zero-order chi connectivity index (χ0) is 28.2. The summed E-state index contributed by atoms with van der Waals surface area (Å²) in [5.74, 6) is 12.8. The van der Waals surface area contributed by atoms with Gasteiger partial charge in [0.25, 0.3) is 0 Å². The first-order valence-corrected chi connectivity index (χ1v) is 13.8. The lowest BCUT2D eigenvalue weighted by molar-refractivity contribution is -0.121. The summed E-state index contributed by atoms with van der Waals surface area (Å²) in [5.41, 5.74) is 10.7. The fourth-order valence-corrected chi connectivity index (χ4v) is 5.69. The van der Waals surface area contributed by atoms with Gasteiger partial charge in [-0.3, -0.25) is 14.4 Å². The minimum Gasteiger partial charge on any atom is -0.345 e.